The summed E-state index contributed by atoms with van der Waals surface area (Å²) in [6.45, 7) is 21.9. The van der Waals surface area contributed by atoms with Crippen LogP contribution in [-0.2, 0) is 14.0 Å². The second kappa shape index (κ2) is 10.8. The van der Waals surface area contributed by atoms with Gasteiger partial charge in [-0.3, -0.25) is 10.1 Å². The first-order valence-corrected chi connectivity index (χ1v) is 11.7. The van der Waals surface area contributed by atoms with Crippen molar-refractivity contribution in [2.45, 2.75) is 71.7 Å². The van der Waals surface area contributed by atoms with E-state index in [1.165, 1.54) is 6.07 Å². The molecule has 0 radical (unpaired) electrons. The third-order valence-electron chi connectivity index (χ3n) is 6.14. The maximum Gasteiger partial charge on any atom is 0.486 e. The van der Waals surface area contributed by atoms with Crippen LogP contribution < -0.4 is 0 Å². The van der Waals surface area contributed by atoms with Crippen molar-refractivity contribution < 1.29 is 23.8 Å². The van der Waals surface area contributed by atoms with E-state index in [0.29, 0.717) is 19.5 Å². The second-order valence-electron chi connectivity index (χ2n) is 10.5. The van der Waals surface area contributed by atoms with Gasteiger partial charge in [-0.25, -0.2) is 4.79 Å². The molecule has 0 unspecified atom stereocenters. The van der Waals surface area contributed by atoms with Crippen molar-refractivity contribution in [3.8, 4) is 0 Å². The zero-order valence-corrected chi connectivity index (χ0v) is 21.9. The zero-order valence-electron chi connectivity index (χ0n) is 21.9. The van der Waals surface area contributed by atoms with Crippen molar-refractivity contribution >= 4 is 30.5 Å². The number of carbonyl (C=O) groups excluding carboxylic acids is 1. The maximum absolute atomic E-state index is 12.1. The van der Waals surface area contributed by atoms with Crippen LogP contribution in [0.5, 0.6) is 0 Å². The van der Waals surface area contributed by atoms with Crippen molar-refractivity contribution in [3.63, 3.8) is 0 Å². The first-order valence-electron chi connectivity index (χ1n) is 11.7. The minimum absolute atomic E-state index is 0.0473. The van der Waals surface area contributed by atoms with Gasteiger partial charge >= 0.3 is 13.2 Å². The molecule has 1 fully saturated rings. The van der Waals surface area contributed by atoms with Gasteiger partial charge in [0.15, 0.2) is 0 Å². The zero-order chi connectivity index (χ0) is 26.6. The van der Waals surface area contributed by atoms with Gasteiger partial charge in [0.2, 0.25) is 0 Å². The molecule has 2 aliphatic heterocycles. The molecule has 9 heteroatoms. The Morgan fingerprint density at radius 2 is 1.80 bits per heavy atom. The van der Waals surface area contributed by atoms with Crippen molar-refractivity contribution in [2.75, 3.05) is 13.1 Å². The summed E-state index contributed by atoms with van der Waals surface area (Å²) in [6.07, 6.45) is 3.86. The molecule has 0 aliphatic carbocycles. The Kier molecular flexibility index (Phi) is 8.73. The van der Waals surface area contributed by atoms with Crippen LogP contribution in [0.4, 0.5) is 10.5 Å². The minimum Gasteiger partial charge on any atom is -0.444 e. The van der Waals surface area contributed by atoms with E-state index in [1.807, 2.05) is 54.5 Å². The monoisotopic (exact) mass is 484 g/mol. The molecule has 0 atom stereocenters. The molecular weight excluding hydrogens is 447 g/mol. The average Bonchev–Trinajstić information content (AvgIpc) is 2.99. The molecule has 1 aromatic carbocycles. The molecule has 1 saturated heterocycles. The van der Waals surface area contributed by atoms with Crippen molar-refractivity contribution in [3.05, 3.63) is 64.6 Å². The van der Waals surface area contributed by atoms with E-state index < -0.39 is 10.5 Å². The lowest BCUT2D eigenvalue weighted by Crippen LogP contribution is -2.41. The molecule has 0 aromatic heterocycles. The molecule has 0 spiro atoms. The Labute approximate surface area is 208 Å². The quantitative estimate of drug-likeness (QED) is 0.293. The van der Waals surface area contributed by atoms with Gasteiger partial charge in [-0.1, -0.05) is 24.7 Å². The predicted octanol–water partition coefficient (Wildman–Crippen LogP) is 6.07. The van der Waals surface area contributed by atoms with E-state index in [-0.39, 0.29) is 30.1 Å². The van der Waals surface area contributed by atoms with Crippen molar-refractivity contribution in [1.82, 2.24) is 4.90 Å². The van der Waals surface area contributed by atoms with Gasteiger partial charge in [-0.15, -0.1) is 6.58 Å². The number of carbonyl (C=O) groups is 1. The molecule has 8 nitrogen and oxygen atoms in total. The lowest BCUT2D eigenvalue weighted by Gasteiger charge is -2.32. The smallest absolute Gasteiger partial charge is 0.444 e. The lowest BCUT2D eigenvalue weighted by molar-refractivity contribution is -0.384. The standard InChI is InChI=1S/C18H22N2O4.C8H15BO2/c1-5-13-6-7-15(20(22)23)12-16(13)14-8-10-19(11-9-14)17(21)24-18(2,3)4;1-6-9-10-7(2,3)8(4,5)11-9/h5-8,12H,1,9-11H2,2-4H3;6H,1H2,2-5H3. The number of ether oxygens (including phenoxy) is 1. The molecule has 1 aromatic rings. The number of rotatable bonds is 4. The fraction of sp³-hybridized carbons (Fsp3) is 0.500. The number of nitro benzene ring substituents is 1. The van der Waals surface area contributed by atoms with Gasteiger partial charge < -0.3 is 18.9 Å². The van der Waals surface area contributed by atoms with E-state index >= 15 is 0 Å². The highest BCUT2D eigenvalue weighted by Crippen LogP contribution is 2.36. The Balaban J connectivity index is 0.000000328. The number of nitrogens with zero attached hydrogens (tertiary/aromatic N) is 2. The Hall–Kier alpha value is -2.91. The van der Waals surface area contributed by atoms with Crippen LogP contribution in [0.3, 0.4) is 0 Å². The van der Waals surface area contributed by atoms with Gasteiger partial charge in [0.1, 0.15) is 5.60 Å². The summed E-state index contributed by atoms with van der Waals surface area (Å²) in [5.41, 5.74) is 1.68. The van der Waals surface area contributed by atoms with Crippen LogP contribution >= 0.6 is 0 Å². The number of non-ortho nitro benzene ring substituents is 1. The van der Waals surface area contributed by atoms with Crippen LogP contribution in [0.15, 0.2) is 43.4 Å². The topological polar surface area (TPSA) is 91.1 Å². The van der Waals surface area contributed by atoms with Gasteiger partial charge in [0, 0.05) is 25.2 Å². The van der Waals surface area contributed by atoms with Gasteiger partial charge in [-0.2, -0.15) is 0 Å². The lowest BCUT2D eigenvalue weighted by atomic mass is 9.90. The first-order chi connectivity index (χ1) is 16.1. The fourth-order valence-electron chi connectivity index (χ4n) is 3.50. The molecule has 190 valence electrons. The van der Waals surface area contributed by atoms with Crippen molar-refractivity contribution in [2.24, 2.45) is 0 Å². The molecule has 0 bridgehead atoms. The average molecular weight is 484 g/mol. The van der Waals surface area contributed by atoms with E-state index in [0.717, 1.165) is 16.7 Å². The number of amides is 1. The Morgan fingerprint density at radius 1 is 1.20 bits per heavy atom. The molecule has 0 N–H and O–H groups in total. The molecule has 3 rings (SSSR count). The van der Waals surface area contributed by atoms with Crippen LogP contribution in [0.2, 0.25) is 0 Å². The van der Waals surface area contributed by atoms with E-state index in [4.69, 9.17) is 14.0 Å². The SMILES string of the molecule is C=CB1OC(C)(C)C(C)(C)O1.C=Cc1ccc([N+](=O)[O-])cc1C1=CCN(C(=O)OC(C)(C)C)CC1. The summed E-state index contributed by atoms with van der Waals surface area (Å²) in [4.78, 5) is 24.3. The van der Waals surface area contributed by atoms with Crippen LogP contribution in [0.1, 0.15) is 66.0 Å². The summed E-state index contributed by atoms with van der Waals surface area (Å²) in [7, 11) is -0.250. The third kappa shape index (κ3) is 7.29. The van der Waals surface area contributed by atoms with Gasteiger partial charge in [0.25, 0.3) is 5.69 Å². The normalized spacial score (nSPS) is 18.7. The highest BCUT2D eigenvalue weighted by molar-refractivity contribution is 6.51. The summed E-state index contributed by atoms with van der Waals surface area (Å²) >= 11 is 0. The minimum atomic E-state index is -0.531. The third-order valence-corrected chi connectivity index (χ3v) is 6.14. The van der Waals surface area contributed by atoms with Gasteiger partial charge in [-0.05, 0) is 77.7 Å². The predicted molar refractivity (Wildman–Crippen MR) is 140 cm³/mol. The fourth-order valence-corrected chi connectivity index (χ4v) is 3.50. The van der Waals surface area contributed by atoms with Crippen LogP contribution in [0, 0.1) is 10.1 Å². The number of nitro groups is 1. The molecule has 1 amide bonds. The van der Waals surface area contributed by atoms with E-state index in [9.17, 15) is 14.9 Å². The Bertz CT molecular complexity index is 994. The maximum atomic E-state index is 12.1. The highest BCUT2D eigenvalue weighted by Gasteiger charge is 2.49. The second-order valence-corrected chi connectivity index (χ2v) is 10.5. The van der Waals surface area contributed by atoms with Crippen molar-refractivity contribution in [1.29, 1.82) is 0 Å². The molecular formula is C26H37BN2O6. The van der Waals surface area contributed by atoms with Crippen LogP contribution in [0.25, 0.3) is 11.6 Å². The van der Waals surface area contributed by atoms with E-state index in [1.54, 1.807) is 29.1 Å². The summed E-state index contributed by atoms with van der Waals surface area (Å²) < 4.78 is 16.5. The molecule has 2 heterocycles. The highest BCUT2D eigenvalue weighted by atomic mass is 16.7. The number of hydrogen-bond acceptors (Lipinski definition) is 6. The summed E-state index contributed by atoms with van der Waals surface area (Å²) in [6, 6.07) is 4.73. The summed E-state index contributed by atoms with van der Waals surface area (Å²) in [5, 5.41) is 11.0. The largest absolute Gasteiger partial charge is 0.486 e. The van der Waals surface area contributed by atoms with Gasteiger partial charge in [0.05, 0.1) is 16.1 Å². The summed E-state index contributed by atoms with van der Waals surface area (Å²) in [5.74, 6) is 1.68. The number of benzene rings is 1. The Morgan fingerprint density at radius 3 is 2.20 bits per heavy atom. The first kappa shape index (κ1) is 28.3. The molecule has 0 saturated carbocycles. The number of hydrogen-bond donors (Lipinski definition) is 0. The molecule has 35 heavy (non-hydrogen) atoms. The van der Waals surface area contributed by atoms with Crippen LogP contribution in [-0.4, -0.2) is 52.9 Å². The molecule has 2 aliphatic rings. The van der Waals surface area contributed by atoms with E-state index in [2.05, 4.69) is 13.2 Å².